The second-order valence-corrected chi connectivity index (χ2v) is 1.92. The molecule has 1 radical (unpaired) electrons. The van der Waals surface area contributed by atoms with Gasteiger partial charge in [-0.15, -0.1) is 0 Å². The van der Waals surface area contributed by atoms with E-state index < -0.39 is 11.9 Å². The molecule has 57 valence electrons. The Morgan fingerprint density at radius 1 is 1.60 bits per heavy atom. The molecule has 0 spiro atoms. The van der Waals surface area contributed by atoms with Gasteiger partial charge in [-0.3, -0.25) is 9.59 Å². The molecule has 0 aromatic carbocycles. The van der Waals surface area contributed by atoms with Gasteiger partial charge in [-0.25, -0.2) is 0 Å². The number of ether oxygens (including phenoxy) is 1. The summed E-state index contributed by atoms with van der Waals surface area (Å²) in [5.41, 5.74) is 0. The summed E-state index contributed by atoms with van der Waals surface area (Å²) in [6, 6.07) is 0. The third-order valence-electron chi connectivity index (χ3n) is 1.06. The molecule has 0 saturated carbocycles. The van der Waals surface area contributed by atoms with E-state index in [9.17, 15) is 9.59 Å². The molecule has 0 fully saturated rings. The summed E-state index contributed by atoms with van der Waals surface area (Å²) < 4.78 is 4.54. The van der Waals surface area contributed by atoms with Crippen molar-refractivity contribution in [2.24, 2.45) is 5.92 Å². The van der Waals surface area contributed by atoms with Gasteiger partial charge in [0.25, 0.3) is 0 Å². The van der Waals surface area contributed by atoms with E-state index in [1.165, 1.54) is 6.92 Å². The average Bonchev–Trinajstić information content (AvgIpc) is 1.87. The molecule has 10 heavy (non-hydrogen) atoms. The zero-order chi connectivity index (χ0) is 8.15. The van der Waals surface area contributed by atoms with E-state index in [4.69, 9.17) is 0 Å². The fourth-order valence-corrected chi connectivity index (χ4v) is 0.409. The van der Waals surface area contributed by atoms with Crippen LogP contribution in [0.2, 0.25) is 0 Å². The van der Waals surface area contributed by atoms with Crippen molar-refractivity contribution >= 4 is 11.8 Å². The van der Waals surface area contributed by atoms with E-state index in [1.54, 1.807) is 6.92 Å². The molecule has 0 saturated heterocycles. The minimum absolute atomic E-state index is 0.265. The average molecular weight is 143 g/mol. The van der Waals surface area contributed by atoms with Crippen LogP contribution in [-0.4, -0.2) is 18.4 Å². The van der Waals surface area contributed by atoms with Crippen LogP contribution in [0.3, 0.4) is 0 Å². The Morgan fingerprint density at radius 3 is 2.40 bits per heavy atom. The highest BCUT2D eigenvalue weighted by Crippen LogP contribution is 1.98. The highest BCUT2D eigenvalue weighted by atomic mass is 16.5. The number of esters is 1. The standard InChI is InChI=1S/C7H11O3/c1-4-10-7(9)5(2)6(3)8/h5H,2,4H2,1,3H3. The van der Waals surface area contributed by atoms with Gasteiger partial charge in [0.1, 0.15) is 11.7 Å². The van der Waals surface area contributed by atoms with Crippen molar-refractivity contribution < 1.29 is 14.3 Å². The molecule has 0 N–H and O–H groups in total. The molecule has 0 bridgehead atoms. The highest BCUT2D eigenvalue weighted by Gasteiger charge is 2.17. The molecule has 1 atom stereocenters. The van der Waals surface area contributed by atoms with Crippen molar-refractivity contribution in [1.29, 1.82) is 0 Å². The lowest BCUT2D eigenvalue weighted by molar-refractivity contribution is -0.149. The maximum absolute atomic E-state index is 10.7. The predicted octanol–water partition coefficient (Wildman–Crippen LogP) is 0.589. The van der Waals surface area contributed by atoms with Crippen molar-refractivity contribution in [1.82, 2.24) is 0 Å². The summed E-state index contributed by atoms with van der Waals surface area (Å²) in [5.74, 6) is -1.67. The van der Waals surface area contributed by atoms with E-state index >= 15 is 0 Å². The van der Waals surface area contributed by atoms with Crippen molar-refractivity contribution in [3.63, 3.8) is 0 Å². The number of Topliss-reactive ketones (excluding diaryl/α,β-unsaturated/α-hetero) is 1. The fourth-order valence-electron chi connectivity index (χ4n) is 0.409. The predicted molar refractivity (Wildman–Crippen MR) is 36.2 cm³/mol. The molecule has 0 aliphatic heterocycles. The molecule has 0 heterocycles. The van der Waals surface area contributed by atoms with Gasteiger partial charge in [-0.05, 0) is 20.8 Å². The molecule has 0 aromatic rings. The van der Waals surface area contributed by atoms with Crippen LogP contribution in [0.15, 0.2) is 0 Å². The molecule has 0 aromatic heterocycles. The number of hydrogen-bond acceptors (Lipinski definition) is 3. The maximum atomic E-state index is 10.7. The first-order valence-electron chi connectivity index (χ1n) is 3.09. The van der Waals surface area contributed by atoms with E-state index in [0.717, 1.165) is 0 Å². The number of carbonyl (C=O) groups excluding carboxylic acids is 2. The van der Waals surface area contributed by atoms with Gasteiger partial charge >= 0.3 is 5.97 Å². The second kappa shape index (κ2) is 4.04. The van der Waals surface area contributed by atoms with Gasteiger partial charge in [0.05, 0.1) is 6.61 Å². The van der Waals surface area contributed by atoms with Gasteiger partial charge < -0.3 is 4.74 Å². The van der Waals surface area contributed by atoms with E-state index in [2.05, 4.69) is 11.7 Å². The third kappa shape index (κ3) is 2.62. The SMILES string of the molecule is [CH2]C(C(C)=O)C(=O)OCC. The Morgan fingerprint density at radius 2 is 2.10 bits per heavy atom. The Hall–Kier alpha value is -0.860. The number of rotatable bonds is 3. The lowest BCUT2D eigenvalue weighted by Crippen LogP contribution is -2.21. The van der Waals surface area contributed by atoms with Crippen LogP contribution in [0.25, 0.3) is 0 Å². The largest absolute Gasteiger partial charge is 0.465 e. The fraction of sp³-hybridized carbons (Fsp3) is 0.571. The summed E-state index contributed by atoms with van der Waals surface area (Å²) in [7, 11) is 0. The van der Waals surface area contributed by atoms with Crippen LogP contribution >= 0.6 is 0 Å². The molecule has 0 aliphatic rings. The Balaban J connectivity index is 3.82. The molecule has 0 amide bonds. The molecule has 1 unspecified atom stereocenters. The van der Waals surface area contributed by atoms with Crippen molar-refractivity contribution in [3.8, 4) is 0 Å². The lowest BCUT2D eigenvalue weighted by Gasteiger charge is -2.04. The summed E-state index contributed by atoms with van der Waals surface area (Å²) >= 11 is 0. The molecule has 0 aliphatic carbocycles. The van der Waals surface area contributed by atoms with Crippen molar-refractivity contribution in [2.75, 3.05) is 6.61 Å². The van der Waals surface area contributed by atoms with Crippen molar-refractivity contribution in [3.05, 3.63) is 6.92 Å². The van der Waals surface area contributed by atoms with Gasteiger partial charge in [0, 0.05) is 0 Å². The first kappa shape index (κ1) is 9.14. The zero-order valence-electron chi connectivity index (χ0n) is 6.22. The molecular weight excluding hydrogens is 132 g/mol. The molecule has 3 heteroatoms. The van der Waals surface area contributed by atoms with E-state index in [0.29, 0.717) is 0 Å². The number of ketones is 1. The van der Waals surface area contributed by atoms with Crippen LogP contribution in [0, 0.1) is 12.8 Å². The number of hydrogen-bond donors (Lipinski definition) is 0. The summed E-state index contributed by atoms with van der Waals surface area (Å²) in [6.07, 6.45) is 0. The highest BCUT2D eigenvalue weighted by molar-refractivity contribution is 5.98. The summed E-state index contributed by atoms with van der Waals surface area (Å²) in [5, 5.41) is 0. The van der Waals surface area contributed by atoms with E-state index in [-0.39, 0.29) is 12.4 Å². The Labute approximate surface area is 60.4 Å². The normalized spacial score (nSPS) is 12.3. The van der Waals surface area contributed by atoms with Crippen molar-refractivity contribution in [2.45, 2.75) is 13.8 Å². The topological polar surface area (TPSA) is 43.4 Å². The van der Waals surface area contributed by atoms with Gasteiger partial charge in [0.2, 0.25) is 0 Å². The zero-order valence-corrected chi connectivity index (χ0v) is 6.22. The minimum Gasteiger partial charge on any atom is -0.465 e. The van der Waals surface area contributed by atoms with Crippen LogP contribution in [0.5, 0.6) is 0 Å². The molecular formula is C7H11O3. The first-order valence-corrected chi connectivity index (χ1v) is 3.09. The lowest BCUT2D eigenvalue weighted by atomic mass is 10.1. The van der Waals surface area contributed by atoms with Gasteiger partial charge in [-0.1, -0.05) is 0 Å². The minimum atomic E-state index is -0.861. The second-order valence-electron chi connectivity index (χ2n) is 1.92. The quantitative estimate of drug-likeness (QED) is 0.429. The smallest absolute Gasteiger partial charge is 0.316 e. The van der Waals surface area contributed by atoms with Gasteiger partial charge in [-0.2, -0.15) is 0 Å². The van der Waals surface area contributed by atoms with E-state index in [1.807, 2.05) is 0 Å². The van der Waals surface area contributed by atoms with Crippen LogP contribution in [0.4, 0.5) is 0 Å². The van der Waals surface area contributed by atoms with Crippen LogP contribution < -0.4 is 0 Å². The Kier molecular flexibility index (Phi) is 3.69. The Bertz CT molecular complexity index is 140. The summed E-state index contributed by atoms with van der Waals surface area (Å²) in [6.45, 7) is 6.62. The number of carbonyl (C=O) groups is 2. The van der Waals surface area contributed by atoms with Crippen LogP contribution in [0.1, 0.15) is 13.8 Å². The van der Waals surface area contributed by atoms with Crippen LogP contribution in [-0.2, 0) is 14.3 Å². The maximum Gasteiger partial charge on any atom is 0.316 e. The van der Waals surface area contributed by atoms with Gasteiger partial charge in [0.15, 0.2) is 0 Å². The molecule has 3 nitrogen and oxygen atoms in total. The summed E-state index contributed by atoms with van der Waals surface area (Å²) in [4.78, 5) is 21.2. The monoisotopic (exact) mass is 143 g/mol. The third-order valence-corrected chi connectivity index (χ3v) is 1.06. The molecule has 0 rings (SSSR count). The first-order chi connectivity index (χ1) is 4.59.